The molecule has 4 rings (SSSR count). The van der Waals surface area contributed by atoms with Crippen molar-refractivity contribution in [1.82, 2.24) is 25.4 Å². The van der Waals surface area contributed by atoms with Gasteiger partial charge in [-0.05, 0) is 52.3 Å². The molecule has 2 aliphatic heterocycles. The predicted octanol–water partition coefficient (Wildman–Crippen LogP) is 2.86. The SMILES string of the molecule is CC(C)N(C(=O)c1cc(F)ccc1Oc1nncnc1N1CCC2(CNC2)C1)C(C)C. The Morgan fingerprint density at radius 1 is 1.26 bits per heavy atom. The summed E-state index contributed by atoms with van der Waals surface area (Å²) in [6, 6.07) is 3.85. The number of halogens is 1. The maximum Gasteiger partial charge on any atom is 0.282 e. The van der Waals surface area contributed by atoms with E-state index < -0.39 is 5.82 Å². The first-order chi connectivity index (χ1) is 14.8. The number of nitrogens with zero attached hydrogens (tertiary/aromatic N) is 5. The molecular formula is C22H29FN6O2. The van der Waals surface area contributed by atoms with Crippen LogP contribution in [0.1, 0.15) is 44.5 Å². The number of nitrogens with one attached hydrogen (secondary N) is 1. The highest BCUT2D eigenvalue weighted by Gasteiger charge is 2.44. The molecule has 0 atom stereocenters. The number of carbonyl (C=O) groups is 1. The highest BCUT2D eigenvalue weighted by atomic mass is 19.1. The van der Waals surface area contributed by atoms with Crippen LogP contribution in [0.15, 0.2) is 24.5 Å². The molecule has 1 spiro atoms. The topological polar surface area (TPSA) is 83.5 Å². The Balaban J connectivity index is 1.64. The molecule has 8 nitrogen and oxygen atoms in total. The van der Waals surface area contributed by atoms with Gasteiger partial charge in [0.15, 0.2) is 5.82 Å². The fourth-order valence-corrected chi connectivity index (χ4v) is 4.49. The standard InChI is InChI=1S/C22H29FN6O2/c1-14(2)29(15(3)4)21(30)17-9-16(23)5-6-18(17)31-20-19(25-13-26-27-20)28-8-7-22(12-28)10-24-11-22/h5-6,9,13-15,24H,7-8,10-12H2,1-4H3. The number of carbonyl (C=O) groups excluding carboxylic acids is 1. The maximum absolute atomic E-state index is 14.1. The number of rotatable bonds is 6. The van der Waals surface area contributed by atoms with Gasteiger partial charge in [-0.1, -0.05) is 0 Å². The molecule has 1 aromatic heterocycles. The summed E-state index contributed by atoms with van der Waals surface area (Å²) in [5.74, 6) is 0.248. The molecule has 1 amide bonds. The zero-order chi connectivity index (χ0) is 22.2. The molecule has 1 aromatic carbocycles. The molecule has 2 aliphatic rings. The average molecular weight is 429 g/mol. The molecule has 2 aromatic rings. The van der Waals surface area contributed by atoms with E-state index in [0.717, 1.165) is 32.6 Å². The zero-order valence-electron chi connectivity index (χ0n) is 18.4. The van der Waals surface area contributed by atoms with Gasteiger partial charge >= 0.3 is 0 Å². The van der Waals surface area contributed by atoms with Gasteiger partial charge in [-0.15, -0.1) is 10.2 Å². The molecule has 0 saturated carbocycles. The van der Waals surface area contributed by atoms with Crippen LogP contribution in [-0.4, -0.2) is 64.3 Å². The number of hydrogen-bond acceptors (Lipinski definition) is 7. The van der Waals surface area contributed by atoms with E-state index in [4.69, 9.17) is 4.74 Å². The summed E-state index contributed by atoms with van der Waals surface area (Å²) in [5.41, 5.74) is 0.425. The van der Waals surface area contributed by atoms with Gasteiger partial charge in [-0.2, -0.15) is 0 Å². The second-order valence-corrected chi connectivity index (χ2v) is 9.01. The molecule has 0 unspecified atom stereocenters. The third-order valence-electron chi connectivity index (χ3n) is 6.04. The Kier molecular flexibility index (Phi) is 5.79. The number of anilines is 1. The molecule has 0 radical (unpaired) electrons. The van der Waals surface area contributed by atoms with Gasteiger partial charge in [0.1, 0.15) is 17.9 Å². The largest absolute Gasteiger partial charge is 0.434 e. The van der Waals surface area contributed by atoms with Gasteiger partial charge in [-0.3, -0.25) is 4.79 Å². The van der Waals surface area contributed by atoms with Crippen LogP contribution in [0, 0.1) is 11.2 Å². The summed E-state index contributed by atoms with van der Waals surface area (Å²) >= 11 is 0. The number of ether oxygens (including phenoxy) is 1. The molecule has 0 bridgehead atoms. The Hall–Kier alpha value is -2.81. The minimum atomic E-state index is -0.500. The summed E-state index contributed by atoms with van der Waals surface area (Å²) in [4.78, 5) is 21.5. The number of benzene rings is 1. The lowest BCUT2D eigenvalue weighted by molar-refractivity contribution is 0.0640. The lowest BCUT2D eigenvalue weighted by Gasteiger charge is -2.39. The van der Waals surface area contributed by atoms with Gasteiger partial charge < -0.3 is 19.9 Å². The van der Waals surface area contributed by atoms with Crippen molar-refractivity contribution in [3.05, 3.63) is 35.9 Å². The first-order valence-corrected chi connectivity index (χ1v) is 10.7. The minimum Gasteiger partial charge on any atom is -0.434 e. The third kappa shape index (κ3) is 4.19. The van der Waals surface area contributed by atoms with E-state index in [9.17, 15) is 9.18 Å². The molecule has 2 fully saturated rings. The second kappa shape index (κ2) is 8.37. The van der Waals surface area contributed by atoms with Crippen LogP contribution in [0.3, 0.4) is 0 Å². The van der Waals surface area contributed by atoms with E-state index >= 15 is 0 Å². The van der Waals surface area contributed by atoms with E-state index in [-0.39, 0.29) is 40.6 Å². The number of amides is 1. The van der Waals surface area contributed by atoms with Crippen molar-refractivity contribution in [2.75, 3.05) is 31.1 Å². The first-order valence-electron chi connectivity index (χ1n) is 10.7. The van der Waals surface area contributed by atoms with Crippen molar-refractivity contribution < 1.29 is 13.9 Å². The Bertz CT molecular complexity index is 955. The van der Waals surface area contributed by atoms with Crippen molar-refractivity contribution in [2.24, 2.45) is 5.41 Å². The van der Waals surface area contributed by atoms with Crippen molar-refractivity contribution in [1.29, 1.82) is 0 Å². The normalized spacial score (nSPS) is 17.3. The lowest BCUT2D eigenvalue weighted by Crippen LogP contribution is -2.54. The Morgan fingerprint density at radius 3 is 2.61 bits per heavy atom. The summed E-state index contributed by atoms with van der Waals surface area (Å²) in [7, 11) is 0. The molecule has 166 valence electrons. The molecular weight excluding hydrogens is 399 g/mol. The number of hydrogen-bond donors (Lipinski definition) is 1. The zero-order valence-corrected chi connectivity index (χ0v) is 18.4. The van der Waals surface area contributed by atoms with E-state index in [1.54, 1.807) is 4.90 Å². The van der Waals surface area contributed by atoms with Crippen molar-refractivity contribution in [2.45, 2.75) is 46.2 Å². The summed E-state index contributed by atoms with van der Waals surface area (Å²) in [6.07, 6.45) is 2.46. The van der Waals surface area contributed by atoms with Crippen LogP contribution in [0.2, 0.25) is 0 Å². The molecule has 3 heterocycles. The predicted molar refractivity (Wildman–Crippen MR) is 115 cm³/mol. The van der Waals surface area contributed by atoms with Gasteiger partial charge in [0.25, 0.3) is 11.8 Å². The maximum atomic E-state index is 14.1. The van der Waals surface area contributed by atoms with Gasteiger partial charge in [-0.25, -0.2) is 9.37 Å². The van der Waals surface area contributed by atoms with E-state index in [0.29, 0.717) is 5.82 Å². The van der Waals surface area contributed by atoms with Crippen molar-refractivity contribution in [3.8, 4) is 11.6 Å². The summed E-state index contributed by atoms with van der Waals surface area (Å²) in [6.45, 7) is 11.4. The van der Waals surface area contributed by atoms with Crippen molar-refractivity contribution >= 4 is 11.7 Å². The van der Waals surface area contributed by atoms with Crippen LogP contribution < -0.4 is 15.0 Å². The molecule has 1 N–H and O–H groups in total. The third-order valence-corrected chi connectivity index (χ3v) is 6.04. The van der Waals surface area contributed by atoms with Crippen LogP contribution in [0.4, 0.5) is 10.2 Å². The van der Waals surface area contributed by atoms with E-state index in [2.05, 4.69) is 25.4 Å². The van der Waals surface area contributed by atoms with Gasteiger partial charge in [0.2, 0.25) is 0 Å². The average Bonchev–Trinajstić information content (AvgIpc) is 3.15. The van der Waals surface area contributed by atoms with E-state index in [1.807, 2.05) is 27.7 Å². The quantitative estimate of drug-likeness (QED) is 0.757. The monoisotopic (exact) mass is 428 g/mol. The highest BCUT2D eigenvalue weighted by molar-refractivity contribution is 5.97. The fraction of sp³-hybridized carbons (Fsp3) is 0.545. The minimum absolute atomic E-state index is 0.0470. The Morgan fingerprint density at radius 2 is 2.00 bits per heavy atom. The first kappa shape index (κ1) is 21.4. The molecule has 9 heteroatoms. The summed E-state index contributed by atoms with van der Waals surface area (Å²) in [5, 5.41) is 11.4. The highest BCUT2D eigenvalue weighted by Crippen LogP contribution is 2.39. The van der Waals surface area contributed by atoms with Gasteiger partial charge in [0.05, 0.1) is 5.56 Å². The molecule has 2 saturated heterocycles. The van der Waals surface area contributed by atoms with Crippen LogP contribution in [0.25, 0.3) is 0 Å². The van der Waals surface area contributed by atoms with Gasteiger partial charge in [0, 0.05) is 43.7 Å². The molecule has 31 heavy (non-hydrogen) atoms. The van der Waals surface area contributed by atoms with E-state index in [1.165, 1.54) is 24.5 Å². The van der Waals surface area contributed by atoms with Crippen LogP contribution in [-0.2, 0) is 0 Å². The fourth-order valence-electron chi connectivity index (χ4n) is 4.49. The Labute approximate surface area is 181 Å². The lowest BCUT2D eigenvalue weighted by atomic mass is 9.81. The summed E-state index contributed by atoms with van der Waals surface area (Å²) < 4.78 is 20.1. The van der Waals surface area contributed by atoms with Crippen molar-refractivity contribution in [3.63, 3.8) is 0 Å². The smallest absolute Gasteiger partial charge is 0.282 e. The molecule has 0 aliphatic carbocycles. The second-order valence-electron chi connectivity index (χ2n) is 9.01. The van der Waals surface area contributed by atoms with Crippen LogP contribution >= 0.6 is 0 Å². The number of aromatic nitrogens is 3. The van der Waals surface area contributed by atoms with Crippen LogP contribution in [0.5, 0.6) is 11.6 Å².